The van der Waals surface area contributed by atoms with Gasteiger partial charge in [-0.15, -0.1) is 11.3 Å². The van der Waals surface area contributed by atoms with Gasteiger partial charge < -0.3 is 15.5 Å². The molecule has 0 radical (unpaired) electrons. The van der Waals surface area contributed by atoms with Crippen molar-refractivity contribution in [3.8, 4) is 0 Å². The van der Waals surface area contributed by atoms with Gasteiger partial charge in [-0.2, -0.15) is 0 Å². The summed E-state index contributed by atoms with van der Waals surface area (Å²) in [7, 11) is 2.30. The number of nitrogens with one attached hydrogen (secondary N) is 2. The number of aromatic nitrogens is 1. The zero-order valence-corrected chi connectivity index (χ0v) is 16.2. The molecule has 2 N–H and O–H groups in total. The molecule has 0 aromatic carbocycles. The molecule has 2 atom stereocenters. The smallest absolute Gasteiger partial charge is 0.191 e. The van der Waals surface area contributed by atoms with Crippen LogP contribution in [0.3, 0.4) is 0 Å². The Morgan fingerprint density at radius 2 is 2.00 bits per heavy atom. The Morgan fingerprint density at radius 1 is 1.29 bits per heavy atom. The molecule has 0 saturated carbocycles. The molecule has 3 heterocycles. The Labute approximate surface area is 150 Å². The van der Waals surface area contributed by atoms with E-state index >= 15 is 0 Å². The number of fused-ring (bicyclic) bond motifs is 2. The van der Waals surface area contributed by atoms with Crippen LogP contribution < -0.4 is 10.6 Å². The molecule has 2 aliphatic heterocycles. The van der Waals surface area contributed by atoms with Gasteiger partial charge in [-0.3, -0.25) is 0 Å². The standard InChI is InChI=1S/C18H31N5S/c1-5-19-18(20-11-17-12(2)21-13(3)24-17)22-14-9-15-7-6-8-16(10-14)23(15)4/h14-16H,5-11H2,1-4H3,(H2,19,20,22). The van der Waals surface area contributed by atoms with Gasteiger partial charge in [0.1, 0.15) is 0 Å². The highest BCUT2D eigenvalue weighted by Gasteiger charge is 2.36. The predicted molar refractivity (Wildman–Crippen MR) is 102 cm³/mol. The van der Waals surface area contributed by atoms with Crippen LogP contribution in [-0.2, 0) is 6.54 Å². The van der Waals surface area contributed by atoms with E-state index in [2.05, 4.69) is 48.3 Å². The van der Waals surface area contributed by atoms with Crippen LogP contribution in [0.15, 0.2) is 4.99 Å². The van der Waals surface area contributed by atoms with E-state index in [1.165, 1.54) is 37.0 Å². The van der Waals surface area contributed by atoms with Crippen LogP contribution >= 0.6 is 11.3 Å². The number of thiazole rings is 1. The fraction of sp³-hybridized carbons (Fsp3) is 0.778. The van der Waals surface area contributed by atoms with Crippen molar-refractivity contribution in [2.45, 2.75) is 77.5 Å². The quantitative estimate of drug-likeness (QED) is 0.648. The molecule has 2 fully saturated rings. The lowest BCUT2D eigenvalue weighted by Gasteiger charge is -2.47. The highest BCUT2D eigenvalue weighted by molar-refractivity contribution is 7.11. The minimum Gasteiger partial charge on any atom is -0.357 e. The van der Waals surface area contributed by atoms with Gasteiger partial charge in [0.15, 0.2) is 5.96 Å². The number of aliphatic imine (C=N–C) groups is 1. The lowest BCUT2D eigenvalue weighted by atomic mass is 9.82. The van der Waals surface area contributed by atoms with Gasteiger partial charge in [0.25, 0.3) is 0 Å². The normalized spacial score (nSPS) is 28.0. The van der Waals surface area contributed by atoms with Crippen molar-refractivity contribution in [3.63, 3.8) is 0 Å². The minimum absolute atomic E-state index is 0.540. The zero-order chi connectivity index (χ0) is 17.1. The molecule has 134 valence electrons. The average molecular weight is 350 g/mol. The Balaban J connectivity index is 1.63. The third kappa shape index (κ3) is 4.09. The van der Waals surface area contributed by atoms with Crippen LogP contribution in [0.2, 0.25) is 0 Å². The molecule has 3 rings (SSSR count). The largest absolute Gasteiger partial charge is 0.357 e. The van der Waals surface area contributed by atoms with E-state index < -0.39 is 0 Å². The molecule has 6 heteroatoms. The van der Waals surface area contributed by atoms with Crippen LogP contribution in [0, 0.1) is 13.8 Å². The van der Waals surface area contributed by atoms with Crippen LogP contribution in [0.1, 0.15) is 54.6 Å². The SMILES string of the molecule is CCNC(=NCc1sc(C)nc1C)NC1CC2CCCC(C1)N2C. The summed E-state index contributed by atoms with van der Waals surface area (Å²) >= 11 is 1.75. The first kappa shape index (κ1) is 17.7. The van der Waals surface area contributed by atoms with E-state index in [9.17, 15) is 0 Å². The highest BCUT2D eigenvalue weighted by atomic mass is 32.1. The first-order valence-electron chi connectivity index (χ1n) is 9.26. The van der Waals surface area contributed by atoms with Gasteiger partial charge in [-0.1, -0.05) is 6.42 Å². The lowest BCUT2D eigenvalue weighted by molar-refractivity contribution is 0.0526. The second-order valence-electron chi connectivity index (χ2n) is 7.15. The molecule has 2 unspecified atom stereocenters. The Hall–Kier alpha value is -1.14. The van der Waals surface area contributed by atoms with Crippen molar-refractivity contribution < 1.29 is 0 Å². The van der Waals surface area contributed by atoms with Gasteiger partial charge >= 0.3 is 0 Å². The summed E-state index contributed by atoms with van der Waals surface area (Å²) in [5.74, 6) is 0.954. The topological polar surface area (TPSA) is 52.6 Å². The highest BCUT2D eigenvalue weighted by Crippen LogP contribution is 2.32. The first-order chi connectivity index (χ1) is 11.6. The number of hydrogen-bond donors (Lipinski definition) is 2. The van der Waals surface area contributed by atoms with E-state index in [-0.39, 0.29) is 0 Å². The van der Waals surface area contributed by atoms with Crippen molar-refractivity contribution in [2.75, 3.05) is 13.6 Å². The third-order valence-electron chi connectivity index (χ3n) is 5.41. The maximum Gasteiger partial charge on any atom is 0.191 e. The van der Waals surface area contributed by atoms with E-state index in [1.807, 2.05) is 0 Å². The van der Waals surface area contributed by atoms with Gasteiger partial charge in [0.05, 0.1) is 17.2 Å². The second-order valence-corrected chi connectivity index (χ2v) is 8.44. The van der Waals surface area contributed by atoms with Crippen molar-refractivity contribution >= 4 is 17.3 Å². The molecule has 2 bridgehead atoms. The molecule has 0 aliphatic carbocycles. The summed E-state index contributed by atoms with van der Waals surface area (Å²) in [6.45, 7) is 7.87. The molecule has 2 aliphatic rings. The summed E-state index contributed by atoms with van der Waals surface area (Å²) in [5.41, 5.74) is 1.12. The van der Waals surface area contributed by atoms with E-state index in [1.54, 1.807) is 11.3 Å². The second kappa shape index (κ2) is 7.83. The number of guanidine groups is 1. The number of aryl methyl sites for hydroxylation is 2. The lowest BCUT2D eigenvalue weighted by Crippen LogP contribution is -2.56. The van der Waals surface area contributed by atoms with Gasteiger partial charge in [-0.05, 0) is 53.5 Å². The molecule has 2 saturated heterocycles. The first-order valence-corrected chi connectivity index (χ1v) is 10.1. The van der Waals surface area contributed by atoms with E-state index in [0.29, 0.717) is 12.6 Å². The summed E-state index contributed by atoms with van der Waals surface area (Å²) in [4.78, 5) is 13.2. The zero-order valence-electron chi connectivity index (χ0n) is 15.4. The molecule has 0 spiro atoms. The van der Waals surface area contributed by atoms with E-state index in [0.717, 1.165) is 35.3 Å². The fourth-order valence-electron chi connectivity index (χ4n) is 4.12. The van der Waals surface area contributed by atoms with Crippen molar-refractivity contribution in [1.82, 2.24) is 20.5 Å². The number of nitrogens with zero attached hydrogens (tertiary/aromatic N) is 3. The van der Waals surface area contributed by atoms with Gasteiger partial charge in [-0.25, -0.2) is 9.98 Å². The predicted octanol–water partition coefficient (Wildman–Crippen LogP) is 2.83. The number of rotatable bonds is 4. The number of piperidine rings is 2. The van der Waals surface area contributed by atoms with Crippen LogP contribution in [-0.4, -0.2) is 47.6 Å². The van der Waals surface area contributed by atoms with Crippen molar-refractivity contribution in [1.29, 1.82) is 0 Å². The summed E-state index contributed by atoms with van der Waals surface area (Å²) < 4.78 is 0. The Bertz CT molecular complexity index is 568. The fourth-order valence-corrected chi connectivity index (χ4v) is 4.98. The Kier molecular flexibility index (Phi) is 5.76. The third-order valence-corrected chi connectivity index (χ3v) is 6.46. The molecular weight excluding hydrogens is 318 g/mol. The molecule has 5 nitrogen and oxygen atoms in total. The molecule has 0 amide bonds. The van der Waals surface area contributed by atoms with Crippen LogP contribution in [0.25, 0.3) is 0 Å². The van der Waals surface area contributed by atoms with Crippen molar-refractivity contribution in [2.24, 2.45) is 4.99 Å². The molecule has 1 aromatic rings. The maximum absolute atomic E-state index is 4.82. The van der Waals surface area contributed by atoms with E-state index in [4.69, 9.17) is 4.99 Å². The minimum atomic E-state index is 0.540. The summed E-state index contributed by atoms with van der Waals surface area (Å²) in [6, 6.07) is 2.02. The van der Waals surface area contributed by atoms with Crippen LogP contribution in [0.4, 0.5) is 0 Å². The summed E-state index contributed by atoms with van der Waals surface area (Å²) in [6.07, 6.45) is 6.55. The Morgan fingerprint density at radius 3 is 2.58 bits per heavy atom. The monoisotopic (exact) mass is 349 g/mol. The maximum atomic E-state index is 4.82. The molecule has 24 heavy (non-hydrogen) atoms. The number of hydrogen-bond acceptors (Lipinski definition) is 4. The van der Waals surface area contributed by atoms with Crippen molar-refractivity contribution in [3.05, 3.63) is 15.6 Å². The van der Waals surface area contributed by atoms with Gasteiger partial charge in [0, 0.05) is 29.5 Å². The summed E-state index contributed by atoms with van der Waals surface area (Å²) in [5, 5.41) is 8.24. The van der Waals surface area contributed by atoms with Crippen LogP contribution in [0.5, 0.6) is 0 Å². The molecule has 1 aromatic heterocycles. The molecular formula is C18H31N5S. The van der Waals surface area contributed by atoms with Gasteiger partial charge in [0.2, 0.25) is 0 Å². The average Bonchev–Trinajstić information content (AvgIpc) is 2.84.